The van der Waals surface area contributed by atoms with Crippen molar-refractivity contribution in [3.8, 4) is 0 Å². The van der Waals surface area contributed by atoms with Gasteiger partial charge >= 0.3 is 11.9 Å². The van der Waals surface area contributed by atoms with Crippen LogP contribution in [0, 0.1) is 13.8 Å². The quantitative estimate of drug-likeness (QED) is 0.774. The number of amides is 1. The number of benzene rings is 1. The van der Waals surface area contributed by atoms with E-state index in [0.29, 0.717) is 5.56 Å². The fraction of sp³-hybridized carbons (Fsp3) is 0.400. The number of nitrogens with one attached hydrogen (secondary N) is 1. The van der Waals surface area contributed by atoms with Crippen LogP contribution in [0.5, 0.6) is 0 Å². The first-order chi connectivity index (χ1) is 9.86. The van der Waals surface area contributed by atoms with Crippen LogP contribution in [0.15, 0.2) is 18.2 Å². The number of carbonyl (C=O) groups is 3. The van der Waals surface area contributed by atoms with Gasteiger partial charge in [-0.1, -0.05) is 12.1 Å². The van der Waals surface area contributed by atoms with Gasteiger partial charge in [0.25, 0.3) is 5.91 Å². The Bertz CT molecular complexity index is 553. The molecular formula is C15H19NO5. The van der Waals surface area contributed by atoms with Crippen LogP contribution in [0.2, 0.25) is 0 Å². The second-order valence-electron chi connectivity index (χ2n) is 4.73. The Morgan fingerprint density at radius 1 is 1.29 bits per heavy atom. The minimum atomic E-state index is -1.18. The Labute approximate surface area is 123 Å². The number of aryl methyl sites for hydroxylation is 1. The largest absolute Gasteiger partial charge is 0.480 e. The maximum atomic E-state index is 12.2. The zero-order valence-corrected chi connectivity index (χ0v) is 12.3. The Hall–Kier alpha value is -2.37. The van der Waals surface area contributed by atoms with Crippen LogP contribution in [0.25, 0.3) is 0 Å². The third-order valence-corrected chi connectivity index (χ3v) is 3.32. The molecule has 0 saturated carbocycles. The minimum Gasteiger partial charge on any atom is -0.480 e. The summed E-state index contributed by atoms with van der Waals surface area (Å²) in [5.74, 6) is -2.16. The van der Waals surface area contributed by atoms with Gasteiger partial charge in [-0.15, -0.1) is 0 Å². The Kier molecular flexibility index (Phi) is 5.90. The van der Waals surface area contributed by atoms with Crippen molar-refractivity contribution in [1.82, 2.24) is 5.32 Å². The van der Waals surface area contributed by atoms with E-state index in [0.717, 1.165) is 11.1 Å². The van der Waals surface area contributed by atoms with E-state index in [9.17, 15) is 14.4 Å². The molecule has 0 aliphatic carbocycles. The molecule has 0 heterocycles. The average molecular weight is 293 g/mol. The van der Waals surface area contributed by atoms with Gasteiger partial charge < -0.3 is 15.2 Å². The van der Waals surface area contributed by atoms with Crippen LogP contribution >= 0.6 is 0 Å². The molecule has 6 heteroatoms. The lowest BCUT2D eigenvalue weighted by Crippen LogP contribution is -2.41. The fourth-order valence-electron chi connectivity index (χ4n) is 1.85. The van der Waals surface area contributed by atoms with Crippen LogP contribution in [0.1, 0.15) is 34.3 Å². The molecule has 0 bridgehead atoms. The first-order valence-corrected chi connectivity index (χ1v) is 6.53. The van der Waals surface area contributed by atoms with Gasteiger partial charge in [-0.25, -0.2) is 4.79 Å². The molecule has 0 spiro atoms. The zero-order chi connectivity index (χ0) is 16.0. The van der Waals surface area contributed by atoms with E-state index in [1.807, 2.05) is 13.0 Å². The van der Waals surface area contributed by atoms with E-state index in [-0.39, 0.29) is 12.8 Å². The second-order valence-corrected chi connectivity index (χ2v) is 4.73. The Morgan fingerprint density at radius 3 is 2.52 bits per heavy atom. The lowest BCUT2D eigenvalue weighted by molar-refractivity contribution is -0.142. The lowest BCUT2D eigenvalue weighted by Gasteiger charge is -2.15. The number of methoxy groups -OCH3 is 1. The van der Waals surface area contributed by atoms with E-state index in [4.69, 9.17) is 5.11 Å². The fourth-order valence-corrected chi connectivity index (χ4v) is 1.85. The van der Waals surface area contributed by atoms with E-state index in [1.54, 1.807) is 19.1 Å². The van der Waals surface area contributed by atoms with E-state index >= 15 is 0 Å². The molecule has 1 unspecified atom stereocenters. The van der Waals surface area contributed by atoms with Crippen LogP contribution in [0.4, 0.5) is 0 Å². The van der Waals surface area contributed by atoms with Gasteiger partial charge in [0.1, 0.15) is 6.04 Å². The summed E-state index contributed by atoms with van der Waals surface area (Å²) in [6, 6.07) is 4.12. The molecule has 1 atom stereocenters. The summed E-state index contributed by atoms with van der Waals surface area (Å²) in [7, 11) is 1.23. The standard InChI is InChI=1S/C15H19NO5/c1-9-5-4-6-11(10(9)2)14(18)16-12(15(19)20)7-8-13(17)21-3/h4-6,12H,7-8H2,1-3H3,(H,16,18)(H,19,20). The van der Waals surface area contributed by atoms with Crippen molar-refractivity contribution in [2.75, 3.05) is 7.11 Å². The number of ether oxygens (including phenoxy) is 1. The summed E-state index contributed by atoms with van der Waals surface area (Å²) < 4.78 is 4.46. The molecule has 0 fully saturated rings. The van der Waals surface area contributed by atoms with Crippen LogP contribution in [-0.2, 0) is 14.3 Å². The number of esters is 1. The summed E-state index contributed by atoms with van der Waals surface area (Å²) >= 11 is 0. The number of aliphatic carboxylic acids is 1. The van der Waals surface area contributed by atoms with Gasteiger partial charge in [-0.05, 0) is 37.5 Å². The van der Waals surface area contributed by atoms with Gasteiger partial charge in [0, 0.05) is 12.0 Å². The maximum absolute atomic E-state index is 12.2. The number of carbonyl (C=O) groups excluding carboxylic acids is 2. The highest BCUT2D eigenvalue weighted by Gasteiger charge is 2.22. The Balaban J connectivity index is 2.79. The number of hydrogen-bond donors (Lipinski definition) is 2. The monoisotopic (exact) mass is 293 g/mol. The van der Waals surface area contributed by atoms with Crippen molar-refractivity contribution < 1.29 is 24.2 Å². The van der Waals surface area contributed by atoms with Crippen molar-refractivity contribution in [2.24, 2.45) is 0 Å². The molecule has 2 N–H and O–H groups in total. The molecule has 0 aromatic heterocycles. The van der Waals surface area contributed by atoms with Crippen molar-refractivity contribution in [2.45, 2.75) is 32.7 Å². The SMILES string of the molecule is COC(=O)CCC(NC(=O)c1cccc(C)c1C)C(=O)O. The molecule has 0 aliphatic heterocycles. The molecule has 1 aromatic rings. The van der Waals surface area contributed by atoms with Crippen molar-refractivity contribution in [3.05, 3.63) is 34.9 Å². The highest BCUT2D eigenvalue weighted by Crippen LogP contribution is 2.13. The summed E-state index contributed by atoms with van der Waals surface area (Å²) in [6.07, 6.45) is -0.0842. The highest BCUT2D eigenvalue weighted by molar-refractivity contribution is 5.98. The average Bonchev–Trinajstić information content (AvgIpc) is 2.45. The van der Waals surface area contributed by atoms with E-state index in [2.05, 4.69) is 10.1 Å². The van der Waals surface area contributed by atoms with Crippen LogP contribution in [0.3, 0.4) is 0 Å². The van der Waals surface area contributed by atoms with E-state index in [1.165, 1.54) is 7.11 Å². The molecule has 114 valence electrons. The first kappa shape index (κ1) is 16.7. The molecule has 1 rings (SSSR count). The summed E-state index contributed by atoms with van der Waals surface area (Å²) in [4.78, 5) is 34.4. The number of carboxylic acid groups (broad SMARTS) is 1. The topological polar surface area (TPSA) is 92.7 Å². The second kappa shape index (κ2) is 7.42. The maximum Gasteiger partial charge on any atom is 0.326 e. The molecule has 0 aliphatic rings. The van der Waals surface area contributed by atoms with Gasteiger partial charge in [-0.3, -0.25) is 9.59 Å². The third kappa shape index (κ3) is 4.59. The smallest absolute Gasteiger partial charge is 0.326 e. The predicted molar refractivity (Wildman–Crippen MR) is 76.1 cm³/mol. The molecule has 1 aromatic carbocycles. The highest BCUT2D eigenvalue weighted by atomic mass is 16.5. The zero-order valence-electron chi connectivity index (χ0n) is 12.3. The number of carboxylic acids is 1. The third-order valence-electron chi connectivity index (χ3n) is 3.32. The summed E-state index contributed by atoms with van der Waals surface area (Å²) in [6.45, 7) is 3.67. The van der Waals surface area contributed by atoms with Crippen LogP contribution in [-0.4, -0.2) is 36.1 Å². The Morgan fingerprint density at radius 2 is 1.95 bits per heavy atom. The molecule has 6 nitrogen and oxygen atoms in total. The molecule has 21 heavy (non-hydrogen) atoms. The van der Waals surface area contributed by atoms with Gasteiger partial charge in [0.15, 0.2) is 0 Å². The normalized spacial score (nSPS) is 11.6. The first-order valence-electron chi connectivity index (χ1n) is 6.53. The van der Waals surface area contributed by atoms with Gasteiger partial charge in [0.2, 0.25) is 0 Å². The summed E-state index contributed by atoms with van der Waals surface area (Å²) in [5.41, 5.74) is 2.18. The number of rotatable bonds is 6. The minimum absolute atomic E-state index is 0.0153. The van der Waals surface area contributed by atoms with E-state index < -0.39 is 23.9 Å². The number of hydrogen-bond acceptors (Lipinski definition) is 4. The van der Waals surface area contributed by atoms with Crippen molar-refractivity contribution >= 4 is 17.8 Å². The molecule has 1 amide bonds. The van der Waals surface area contributed by atoms with Gasteiger partial charge in [0.05, 0.1) is 7.11 Å². The predicted octanol–water partition coefficient (Wildman–Crippen LogP) is 1.44. The molecular weight excluding hydrogens is 274 g/mol. The van der Waals surface area contributed by atoms with Crippen molar-refractivity contribution in [3.63, 3.8) is 0 Å². The molecule has 0 radical (unpaired) electrons. The van der Waals surface area contributed by atoms with Gasteiger partial charge in [-0.2, -0.15) is 0 Å². The van der Waals surface area contributed by atoms with Crippen molar-refractivity contribution in [1.29, 1.82) is 0 Å². The summed E-state index contributed by atoms with van der Waals surface area (Å²) in [5, 5.41) is 11.5. The molecule has 0 saturated heterocycles. The van der Waals surface area contributed by atoms with Crippen LogP contribution < -0.4 is 5.32 Å². The lowest BCUT2D eigenvalue weighted by atomic mass is 10.0.